The minimum absolute atomic E-state index is 0.777. The predicted molar refractivity (Wildman–Crippen MR) is 98.0 cm³/mol. The van der Waals surface area contributed by atoms with E-state index in [4.69, 9.17) is 23.8 Å². The van der Waals surface area contributed by atoms with E-state index in [2.05, 4.69) is 21.0 Å². The maximum absolute atomic E-state index is 6.07. The third-order valence-corrected chi connectivity index (χ3v) is 6.16. The van der Waals surface area contributed by atoms with Gasteiger partial charge >= 0.3 is 0 Å². The zero-order valence-electron chi connectivity index (χ0n) is 12.2. The van der Waals surface area contributed by atoms with Gasteiger partial charge in [-0.3, -0.25) is 4.90 Å². The lowest BCUT2D eigenvalue weighted by molar-refractivity contribution is 0.194. The molecule has 0 N–H and O–H groups in total. The molecular weight excluding hydrogens is 356 g/mol. The fourth-order valence-corrected chi connectivity index (χ4v) is 4.39. The monoisotopic (exact) mass is 372 g/mol. The van der Waals surface area contributed by atoms with Crippen LogP contribution in [0.1, 0.15) is 0 Å². The molecule has 1 aliphatic rings. The van der Waals surface area contributed by atoms with Crippen molar-refractivity contribution in [1.29, 1.82) is 0 Å². The van der Waals surface area contributed by atoms with Gasteiger partial charge in [-0.1, -0.05) is 40.8 Å². The van der Waals surface area contributed by atoms with Gasteiger partial charge in [0.1, 0.15) is 0 Å². The maximum Gasteiger partial charge on any atom is 0.181 e. The summed E-state index contributed by atoms with van der Waals surface area (Å²) >= 11 is 14.7. The zero-order chi connectivity index (χ0) is 15.5. The summed E-state index contributed by atoms with van der Waals surface area (Å²) in [6, 6.07) is 8.05. The highest BCUT2D eigenvalue weighted by molar-refractivity contribution is 8.00. The molecule has 22 heavy (non-hydrogen) atoms. The van der Waals surface area contributed by atoms with Crippen LogP contribution in [0.4, 0.5) is 5.69 Å². The van der Waals surface area contributed by atoms with Crippen molar-refractivity contribution in [3.05, 3.63) is 33.2 Å². The molecule has 0 amide bonds. The largest absolute Gasteiger partial charge is 0.369 e. The molecule has 8 heteroatoms. The number of piperazine rings is 1. The van der Waals surface area contributed by atoms with Crippen LogP contribution in [0.2, 0.25) is 5.02 Å². The summed E-state index contributed by atoms with van der Waals surface area (Å²) in [5.74, 6) is 0. The number of rotatable bonds is 4. The number of nitrogens with zero attached hydrogens (tertiary/aromatic N) is 4. The quantitative estimate of drug-likeness (QED) is 0.599. The van der Waals surface area contributed by atoms with Gasteiger partial charge in [0, 0.05) is 36.9 Å². The van der Waals surface area contributed by atoms with Crippen molar-refractivity contribution in [2.75, 3.05) is 37.3 Å². The van der Waals surface area contributed by atoms with E-state index in [0.29, 0.717) is 0 Å². The van der Waals surface area contributed by atoms with E-state index in [-0.39, 0.29) is 0 Å². The van der Waals surface area contributed by atoms with E-state index in [1.807, 2.05) is 29.1 Å². The van der Waals surface area contributed by atoms with E-state index in [1.54, 1.807) is 23.1 Å². The topological polar surface area (TPSA) is 24.3 Å². The van der Waals surface area contributed by atoms with Gasteiger partial charge in [0.15, 0.2) is 8.29 Å². The number of anilines is 1. The first-order chi connectivity index (χ1) is 10.7. The third kappa shape index (κ3) is 3.83. The third-order valence-electron chi connectivity index (χ3n) is 3.64. The first-order valence-electron chi connectivity index (χ1n) is 7.00. The fraction of sp³-hybridized carbons (Fsp3) is 0.429. The highest BCUT2D eigenvalue weighted by Crippen LogP contribution is 2.22. The van der Waals surface area contributed by atoms with Gasteiger partial charge in [-0.15, -0.1) is 0 Å². The molecule has 1 aliphatic heterocycles. The zero-order valence-corrected chi connectivity index (χ0v) is 15.4. The summed E-state index contributed by atoms with van der Waals surface area (Å²) in [4.78, 5) is 4.76. The molecule has 1 aromatic carbocycles. The molecule has 0 bridgehead atoms. The van der Waals surface area contributed by atoms with E-state index in [0.717, 1.165) is 46.2 Å². The van der Waals surface area contributed by atoms with Crippen LogP contribution in [-0.2, 0) is 6.67 Å². The number of halogens is 1. The molecule has 0 atom stereocenters. The minimum atomic E-state index is 0.777. The lowest BCUT2D eigenvalue weighted by Gasteiger charge is -2.35. The number of thioether (sulfide) groups is 1. The second-order valence-electron chi connectivity index (χ2n) is 5.06. The van der Waals surface area contributed by atoms with Gasteiger partial charge in [0.05, 0.1) is 6.67 Å². The number of benzene rings is 1. The first-order valence-corrected chi connectivity index (χ1v) is 9.83. The second kappa shape index (κ2) is 7.31. The van der Waals surface area contributed by atoms with Crippen molar-refractivity contribution in [1.82, 2.24) is 14.7 Å². The van der Waals surface area contributed by atoms with Crippen molar-refractivity contribution in [2.45, 2.75) is 11.0 Å². The number of hydrogen-bond donors (Lipinski definition) is 0. The molecule has 3 rings (SSSR count). The van der Waals surface area contributed by atoms with Crippen LogP contribution in [0.15, 0.2) is 28.6 Å². The van der Waals surface area contributed by atoms with Crippen LogP contribution >= 0.6 is 46.9 Å². The molecule has 118 valence electrons. The van der Waals surface area contributed by atoms with Crippen molar-refractivity contribution in [2.24, 2.45) is 0 Å². The summed E-state index contributed by atoms with van der Waals surface area (Å²) in [6.45, 7) is 4.76. The molecular formula is C14H17ClN4S3. The normalized spacial score (nSPS) is 16.2. The Morgan fingerprint density at radius 1 is 1.32 bits per heavy atom. The Morgan fingerprint density at radius 3 is 2.73 bits per heavy atom. The van der Waals surface area contributed by atoms with Crippen molar-refractivity contribution < 1.29 is 0 Å². The standard InChI is InChI=1S/C14H17ClN4S3/c1-21-13-16-19(14(20)22-13)10-17-5-7-18(8-6-17)12-4-2-3-11(15)9-12/h2-4,9H,5-8,10H2,1H3. The highest BCUT2D eigenvalue weighted by Gasteiger charge is 2.18. The summed E-state index contributed by atoms with van der Waals surface area (Å²) in [5, 5.41) is 5.32. The molecule has 0 radical (unpaired) electrons. The van der Waals surface area contributed by atoms with E-state index in [9.17, 15) is 0 Å². The van der Waals surface area contributed by atoms with Gasteiger partial charge in [0.25, 0.3) is 0 Å². The molecule has 0 unspecified atom stereocenters. The van der Waals surface area contributed by atoms with Gasteiger partial charge in [-0.05, 0) is 36.7 Å². The van der Waals surface area contributed by atoms with E-state index in [1.165, 1.54) is 5.69 Å². The van der Waals surface area contributed by atoms with Gasteiger partial charge in [-0.2, -0.15) is 5.10 Å². The van der Waals surface area contributed by atoms with Gasteiger partial charge in [-0.25, -0.2) is 4.68 Å². The van der Waals surface area contributed by atoms with Gasteiger partial charge in [0.2, 0.25) is 0 Å². The second-order valence-corrected chi connectivity index (χ2v) is 8.18. The Hall–Kier alpha value is -0.600. The minimum Gasteiger partial charge on any atom is -0.369 e. The molecule has 0 aliphatic carbocycles. The van der Waals surface area contributed by atoms with Crippen LogP contribution in [0.25, 0.3) is 0 Å². The number of aromatic nitrogens is 2. The maximum atomic E-state index is 6.07. The molecule has 2 heterocycles. The Morgan fingerprint density at radius 2 is 2.09 bits per heavy atom. The molecule has 1 fully saturated rings. The van der Waals surface area contributed by atoms with Crippen LogP contribution in [0.3, 0.4) is 0 Å². The molecule has 2 aromatic rings. The molecule has 0 spiro atoms. The summed E-state index contributed by atoms with van der Waals surface area (Å²) in [5.41, 5.74) is 1.20. The van der Waals surface area contributed by atoms with Crippen molar-refractivity contribution in [3.63, 3.8) is 0 Å². The average Bonchev–Trinajstić information content (AvgIpc) is 2.88. The van der Waals surface area contributed by atoms with Crippen LogP contribution in [0, 0.1) is 3.95 Å². The first kappa shape index (κ1) is 16.3. The Kier molecular flexibility index (Phi) is 5.41. The summed E-state index contributed by atoms with van der Waals surface area (Å²) in [7, 11) is 0. The molecule has 1 saturated heterocycles. The smallest absolute Gasteiger partial charge is 0.181 e. The molecule has 4 nitrogen and oxygen atoms in total. The van der Waals surface area contributed by atoms with Crippen LogP contribution < -0.4 is 4.90 Å². The Bertz CT molecular complexity index is 691. The van der Waals surface area contributed by atoms with E-state index >= 15 is 0 Å². The van der Waals surface area contributed by atoms with Crippen molar-refractivity contribution in [3.8, 4) is 0 Å². The van der Waals surface area contributed by atoms with Crippen LogP contribution in [0.5, 0.6) is 0 Å². The highest BCUT2D eigenvalue weighted by atomic mass is 35.5. The average molecular weight is 373 g/mol. The fourth-order valence-electron chi connectivity index (χ4n) is 2.47. The van der Waals surface area contributed by atoms with Crippen molar-refractivity contribution >= 4 is 52.6 Å². The molecule has 0 saturated carbocycles. The molecule has 1 aromatic heterocycles. The van der Waals surface area contributed by atoms with Crippen LogP contribution in [-0.4, -0.2) is 47.1 Å². The van der Waals surface area contributed by atoms with Gasteiger partial charge < -0.3 is 4.90 Å². The summed E-state index contributed by atoms with van der Waals surface area (Å²) < 4.78 is 3.81. The SMILES string of the molecule is CSc1nn(CN2CCN(c3cccc(Cl)c3)CC2)c(=S)s1. The Balaban J connectivity index is 1.59. The number of hydrogen-bond acceptors (Lipinski definition) is 6. The summed E-state index contributed by atoms with van der Waals surface area (Å²) in [6.07, 6.45) is 2.03. The van der Waals surface area contributed by atoms with E-state index < -0.39 is 0 Å². The lowest BCUT2D eigenvalue weighted by atomic mass is 10.2. The Labute approximate surface area is 148 Å². The predicted octanol–water partition coefficient (Wildman–Crippen LogP) is 3.83. The lowest BCUT2D eigenvalue weighted by Crippen LogP contribution is -2.46.